The molecule has 0 bridgehead atoms. The van der Waals surface area contributed by atoms with Gasteiger partial charge in [0.15, 0.2) is 0 Å². The van der Waals surface area contributed by atoms with Gasteiger partial charge >= 0.3 is 0 Å². The minimum atomic E-state index is -3.44. The van der Waals surface area contributed by atoms with Crippen molar-refractivity contribution < 1.29 is 8.42 Å². The molecule has 1 aromatic rings. The summed E-state index contributed by atoms with van der Waals surface area (Å²) in [5, 5.41) is 0. The van der Waals surface area contributed by atoms with E-state index in [-0.39, 0.29) is 4.90 Å². The van der Waals surface area contributed by atoms with Crippen molar-refractivity contribution in [3.63, 3.8) is 0 Å². The molecule has 0 heterocycles. The Labute approximate surface area is 132 Å². The molecule has 0 saturated heterocycles. The van der Waals surface area contributed by atoms with Gasteiger partial charge in [-0.2, -0.15) is 11.8 Å². The lowest BCUT2D eigenvalue weighted by atomic mass is 10.1. The highest BCUT2D eigenvalue weighted by molar-refractivity contribution is 7.98. The number of rotatable bonds is 10. The average Bonchev–Trinajstić information content (AvgIpc) is 2.46. The van der Waals surface area contributed by atoms with Crippen LogP contribution >= 0.6 is 11.8 Å². The lowest BCUT2D eigenvalue weighted by molar-refractivity contribution is 0.574. The molecular weight excluding hydrogens is 304 g/mol. The molecule has 0 aromatic heterocycles. The molecule has 1 aromatic carbocycles. The molecule has 120 valence electrons. The SMILES string of the molecule is CCc1ccc(S(=O)(=O)NCCCCCCSC)cc1N. The molecule has 0 spiro atoms. The number of hydrogen-bond donors (Lipinski definition) is 2. The van der Waals surface area contributed by atoms with Gasteiger partial charge in [-0.15, -0.1) is 0 Å². The van der Waals surface area contributed by atoms with E-state index in [1.165, 1.54) is 12.2 Å². The van der Waals surface area contributed by atoms with Crippen molar-refractivity contribution in [3.05, 3.63) is 23.8 Å². The van der Waals surface area contributed by atoms with Crippen molar-refractivity contribution in [1.29, 1.82) is 0 Å². The highest BCUT2D eigenvalue weighted by Crippen LogP contribution is 2.18. The molecule has 0 unspecified atom stereocenters. The van der Waals surface area contributed by atoms with Crippen LogP contribution in [0.15, 0.2) is 23.1 Å². The van der Waals surface area contributed by atoms with Crippen molar-refractivity contribution in [2.45, 2.75) is 43.9 Å². The summed E-state index contributed by atoms with van der Waals surface area (Å²) in [7, 11) is -3.44. The molecule has 21 heavy (non-hydrogen) atoms. The summed E-state index contributed by atoms with van der Waals surface area (Å²) in [6.07, 6.45) is 7.18. The molecule has 0 radical (unpaired) electrons. The van der Waals surface area contributed by atoms with Gasteiger partial charge in [0.25, 0.3) is 0 Å². The summed E-state index contributed by atoms with van der Waals surface area (Å²) in [6, 6.07) is 4.95. The average molecular weight is 331 g/mol. The molecule has 0 aliphatic carbocycles. The second-order valence-corrected chi connectivity index (χ2v) is 7.77. The van der Waals surface area contributed by atoms with Crippen LogP contribution in [0.2, 0.25) is 0 Å². The molecule has 0 amide bonds. The van der Waals surface area contributed by atoms with Gasteiger partial charge in [0.2, 0.25) is 10.0 Å². The van der Waals surface area contributed by atoms with Gasteiger partial charge in [-0.3, -0.25) is 0 Å². The van der Waals surface area contributed by atoms with Crippen LogP contribution in [-0.2, 0) is 16.4 Å². The minimum Gasteiger partial charge on any atom is -0.398 e. The number of nitrogens with one attached hydrogen (secondary N) is 1. The van der Waals surface area contributed by atoms with Gasteiger partial charge in [-0.1, -0.05) is 25.8 Å². The molecule has 6 heteroatoms. The highest BCUT2D eigenvalue weighted by atomic mass is 32.2. The first-order chi connectivity index (χ1) is 10.0. The van der Waals surface area contributed by atoms with Crippen molar-refractivity contribution in [1.82, 2.24) is 4.72 Å². The van der Waals surface area contributed by atoms with Gasteiger partial charge in [-0.25, -0.2) is 13.1 Å². The Balaban J connectivity index is 2.45. The molecule has 0 aliphatic rings. The molecular formula is C15H26N2O2S2. The third-order valence-electron chi connectivity index (χ3n) is 3.38. The number of nitrogen functional groups attached to an aromatic ring is 1. The number of thioether (sulfide) groups is 1. The minimum absolute atomic E-state index is 0.250. The largest absolute Gasteiger partial charge is 0.398 e. The van der Waals surface area contributed by atoms with Crippen LogP contribution in [0.4, 0.5) is 5.69 Å². The maximum atomic E-state index is 12.1. The number of anilines is 1. The van der Waals surface area contributed by atoms with Gasteiger partial charge in [0.1, 0.15) is 0 Å². The third kappa shape index (κ3) is 6.28. The van der Waals surface area contributed by atoms with Gasteiger partial charge < -0.3 is 5.73 Å². The summed E-state index contributed by atoms with van der Waals surface area (Å²) in [5.74, 6) is 1.18. The van der Waals surface area contributed by atoms with Gasteiger partial charge in [0, 0.05) is 12.2 Å². The quantitative estimate of drug-likeness (QED) is 0.511. The van der Waals surface area contributed by atoms with Crippen LogP contribution in [0.5, 0.6) is 0 Å². The van der Waals surface area contributed by atoms with Crippen LogP contribution in [0.25, 0.3) is 0 Å². The molecule has 0 aliphatic heterocycles. The second kappa shape index (κ2) is 9.33. The number of sulfonamides is 1. The Hall–Kier alpha value is -0.720. The predicted octanol–water partition coefficient (Wildman–Crippen LogP) is 3.03. The zero-order chi connectivity index (χ0) is 15.7. The number of hydrogen-bond acceptors (Lipinski definition) is 4. The normalized spacial score (nSPS) is 11.7. The zero-order valence-corrected chi connectivity index (χ0v) is 14.5. The summed E-state index contributed by atoms with van der Waals surface area (Å²) >= 11 is 1.85. The van der Waals surface area contributed by atoms with E-state index in [2.05, 4.69) is 11.0 Å². The van der Waals surface area contributed by atoms with Crippen molar-refractivity contribution in [2.75, 3.05) is 24.3 Å². The Morgan fingerprint density at radius 1 is 1.19 bits per heavy atom. The lowest BCUT2D eigenvalue weighted by Gasteiger charge is -2.09. The number of aryl methyl sites for hydroxylation is 1. The summed E-state index contributed by atoms with van der Waals surface area (Å²) in [5.41, 5.74) is 7.37. The predicted molar refractivity (Wildman–Crippen MR) is 92.3 cm³/mol. The molecule has 4 nitrogen and oxygen atoms in total. The molecule has 1 rings (SSSR count). The van der Waals surface area contributed by atoms with Crippen molar-refractivity contribution in [3.8, 4) is 0 Å². The Morgan fingerprint density at radius 2 is 1.90 bits per heavy atom. The van der Waals surface area contributed by atoms with E-state index in [4.69, 9.17) is 5.73 Å². The fourth-order valence-electron chi connectivity index (χ4n) is 2.08. The van der Waals surface area contributed by atoms with Gasteiger partial charge in [0.05, 0.1) is 4.90 Å². The van der Waals surface area contributed by atoms with E-state index < -0.39 is 10.0 Å². The van der Waals surface area contributed by atoms with E-state index in [9.17, 15) is 8.42 Å². The van der Waals surface area contributed by atoms with Crippen LogP contribution < -0.4 is 10.5 Å². The summed E-state index contributed by atoms with van der Waals surface area (Å²) < 4.78 is 26.9. The van der Waals surface area contributed by atoms with E-state index in [0.29, 0.717) is 12.2 Å². The van der Waals surface area contributed by atoms with E-state index in [0.717, 1.165) is 31.2 Å². The monoisotopic (exact) mass is 330 g/mol. The topological polar surface area (TPSA) is 72.2 Å². The van der Waals surface area contributed by atoms with Crippen LogP contribution in [0.1, 0.15) is 38.2 Å². The first-order valence-corrected chi connectivity index (χ1v) is 10.3. The van der Waals surface area contributed by atoms with Crippen LogP contribution in [0.3, 0.4) is 0 Å². The fourth-order valence-corrected chi connectivity index (χ4v) is 3.68. The molecule has 0 atom stereocenters. The standard InChI is InChI=1S/C15H26N2O2S2/c1-3-13-8-9-14(12-15(13)16)21(18,19)17-10-6-4-5-7-11-20-2/h8-9,12,17H,3-7,10-11,16H2,1-2H3. The zero-order valence-electron chi connectivity index (χ0n) is 12.9. The molecule has 0 fully saturated rings. The Bertz CT molecular complexity index is 530. The third-order valence-corrected chi connectivity index (χ3v) is 5.53. The lowest BCUT2D eigenvalue weighted by Crippen LogP contribution is -2.25. The smallest absolute Gasteiger partial charge is 0.240 e. The van der Waals surface area contributed by atoms with Gasteiger partial charge in [-0.05, 0) is 49.0 Å². The molecule has 3 N–H and O–H groups in total. The first kappa shape index (κ1) is 18.3. The maximum Gasteiger partial charge on any atom is 0.240 e. The van der Waals surface area contributed by atoms with Crippen LogP contribution in [-0.4, -0.2) is 27.0 Å². The number of benzene rings is 1. The number of nitrogens with two attached hydrogens (primary N) is 1. The van der Waals surface area contributed by atoms with Crippen LogP contribution in [0, 0.1) is 0 Å². The Morgan fingerprint density at radius 3 is 2.52 bits per heavy atom. The van der Waals surface area contributed by atoms with E-state index >= 15 is 0 Å². The number of unbranched alkanes of at least 4 members (excludes halogenated alkanes) is 3. The van der Waals surface area contributed by atoms with Crippen molar-refractivity contribution in [2.24, 2.45) is 0 Å². The second-order valence-electron chi connectivity index (χ2n) is 5.02. The molecule has 0 saturated carbocycles. The summed E-state index contributed by atoms with van der Waals surface area (Å²) in [4.78, 5) is 0.250. The van der Waals surface area contributed by atoms with E-state index in [1.54, 1.807) is 18.2 Å². The maximum absolute atomic E-state index is 12.1. The Kier molecular flexibility index (Phi) is 8.14. The fraction of sp³-hybridized carbons (Fsp3) is 0.600. The summed E-state index contributed by atoms with van der Waals surface area (Å²) in [6.45, 7) is 2.48. The van der Waals surface area contributed by atoms with Crippen molar-refractivity contribution >= 4 is 27.5 Å². The highest BCUT2D eigenvalue weighted by Gasteiger charge is 2.14. The first-order valence-electron chi connectivity index (χ1n) is 7.38. The van der Waals surface area contributed by atoms with E-state index in [1.807, 2.05) is 18.7 Å².